The second kappa shape index (κ2) is 5.78. The molecule has 110 valence electrons. The minimum Gasteiger partial charge on any atom is -0.461 e. The molecule has 0 unspecified atom stereocenters. The van der Waals surface area contributed by atoms with E-state index in [1.165, 1.54) is 0 Å². The maximum Gasteiger partial charge on any atom is 0.359 e. The van der Waals surface area contributed by atoms with Crippen LogP contribution in [0.2, 0.25) is 0 Å². The normalized spacial score (nSPS) is 10.5. The van der Waals surface area contributed by atoms with Gasteiger partial charge in [-0.2, -0.15) is 5.10 Å². The summed E-state index contributed by atoms with van der Waals surface area (Å²) in [5.74, 6) is -5.29. The van der Waals surface area contributed by atoms with E-state index in [4.69, 9.17) is 4.74 Å². The van der Waals surface area contributed by atoms with Crippen LogP contribution in [0.25, 0.3) is 5.69 Å². The smallest absolute Gasteiger partial charge is 0.359 e. The highest BCUT2D eigenvalue weighted by atomic mass is 19.2. The van der Waals surface area contributed by atoms with Crippen molar-refractivity contribution >= 4 is 12.3 Å². The zero-order chi connectivity index (χ0) is 15.6. The van der Waals surface area contributed by atoms with Crippen molar-refractivity contribution in [3.8, 4) is 5.69 Å². The number of nitrogens with zero attached hydrogens (tertiary/aromatic N) is 2. The topological polar surface area (TPSA) is 61.2 Å². The summed E-state index contributed by atoms with van der Waals surface area (Å²) in [7, 11) is 0. The SMILES string of the molecule is CCOC(=O)c1nn(-c2cc(F)c(F)c(F)c2)cc1C=O. The molecule has 0 spiro atoms. The van der Waals surface area contributed by atoms with Gasteiger partial charge in [-0.15, -0.1) is 0 Å². The number of halogens is 3. The molecule has 0 saturated heterocycles. The molecule has 0 aliphatic heterocycles. The first-order valence-electron chi connectivity index (χ1n) is 5.84. The predicted octanol–water partition coefficient (Wildman–Crippen LogP) is 2.28. The van der Waals surface area contributed by atoms with Crippen molar-refractivity contribution in [2.45, 2.75) is 6.92 Å². The van der Waals surface area contributed by atoms with E-state index < -0.39 is 23.4 Å². The number of hydrogen-bond acceptors (Lipinski definition) is 4. The van der Waals surface area contributed by atoms with E-state index in [1.54, 1.807) is 6.92 Å². The highest BCUT2D eigenvalue weighted by molar-refractivity contribution is 5.96. The summed E-state index contributed by atoms with van der Waals surface area (Å²) in [6.45, 7) is 1.64. The number of hydrogen-bond donors (Lipinski definition) is 0. The van der Waals surface area contributed by atoms with Gasteiger partial charge in [-0.05, 0) is 6.92 Å². The average molecular weight is 298 g/mol. The van der Waals surface area contributed by atoms with Crippen LogP contribution in [0.4, 0.5) is 13.2 Å². The van der Waals surface area contributed by atoms with Crippen molar-refractivity contribution in [1.82, 2.24) is 9.78 Å². The van der Waals surface area contributed by atoms with Crippen molar-refractivity contribution in [1.29, 1.82) is 0 Å². The Bertz CT molecular complexity index is 690. The van der Waals surface area contributed by atoms with Gasteiger partial charge < -0.3 is 4.74 Å². The van der Waals surface area contributed by atoms with E-state index in [0.29, 0.717) is 18.4 Å². The monoisotopic (exact) mass is 298 g/mol. The molecule has 1 heterocycles. The Kier molecular flexibility index (Phi) is 4.06. The molecule has 0 fully saturated rings. The number of aromatic nitrogens is 2. The maximum atomic E-state index is 13.2. The number of ether oxygens (including phenoxy) is 1. The third kappa shape index (κ3) is 2.78. The van der Waals surface area contributed by atoms with Gasteiger partial charge in [0, 0.05) is 18.3 Å². The second-order valence-electron chi connectivity index (χ2n) is 3.94. The zero-order valence-electron chi connectivity index (χ0n) is 10.8. The van der Waals surface area contributed by atoms with Crippen LogP contribution in [-0.4, -0.2) is 28.6 Å². The molecular formula is C13H9F3N2O3. The molecule has 0 amide bonds. The molecule has 0 bridgehead atoms. The summed E-state index contributed by atoms with van der Waals surface area (Å²) in [6.07, 6.45) is 1.44. The van der Waals surface area contributed by atoms with Gasteiger partial charge in [-0.1, -0.05) is 0 Å². The van der Waals surface area contributed by atoms with Crippen LogP contribution in [0.1, 0.15) is 27.8 Å². The fraction of sp³-hybridized carbons (Fsp3) is 0.154. The van der Waals surface area contributed by atoms with Gasteiger partial charge >= 0.3 is 5.97 Å². The predicted molar refractivity (Wildman–Crippen MR) is 64.8 cm³/mol. The summed E-state index contributed by atoms with van der Waals surface area (Å²) in [5.41, 5.74) is -0.583. The minimum absolute atomic E-state index is 0.0732. The molecule has 21 heavy (non-hydrogen) atoms. The van der Waals surface area contributed by atoms with Crippen LogP contribution in [0.3, 0.4) is 0 Å². The van der Waals surface area contributed by atoms with Crippen molar-refractivity contribution in [2.75, 3.05) is 6.61 Å². The van der Waals surface area contributed by atoms with Gasteiger partial charge in [-0.3, -0.25) is 4.79 Å². The van der Waals surface area contributed by atoms with E-state index >= 15 is 0 Å². The highest BCUT2D eigenvalue weighted by Crippen LogP contribution is 2.18. The van der Waals surface area contributed by atoms with Gasteiger partial charge in [0.05, 0.1) is 17.9 Å². The molecule has 2 aromatic rings. The number of carbonyl (C=O) groups excluding carboxylic acids is 2. The summed E-state index contributed by atoms with van der Waals surface area (Å²) in [4.78, 5) is 22.5. The molecule has 1 aromatic heterocycles. The lowest BCUT2D eigenvalue weighted by Crippen LogP contribution is -2.08. The van der Waals surface area contributed by atoms with E-state index in [9.17, 15) is 22.8 Å². The Hall–Kier alpha value is -2.64. The van der Waals surface area contributed by atoms with Crippen molar-refractivity contribution in [2.24, 2.45) is 0 Å². The van der Waals surface area contributed by atoms with E-state index in [1.807, 2.05) is 0 Å². The van der Waals surface area contributed by atoms with Crippen LogP contribution in [-0.2, 0) is 4.74 Å². The van der Waals surface area contributed by atoms with Gasteiger partial charge in [-0.25, -0.2) is 22.6 Å². The minimum atomic E-state index is -1.62. The van der Waals surface area contributed by atoms with E-state index in [0.717, 1.165) is 10.9 Å². The number of carbonyl (C=O) groups is 2. The van der Waals surface area contributed by atoms with E-state index in [2.05, 4.69) is 5.10 Å². The second-order valence-corrected chi connectivity index (χ2v) is 3.94. The lowest BCUT2D eigenvalue weighted by molar-refractivity contribution is 0.0517. The Morgan fingerprint density at radius 2 is 1.95 bits per heavy atom. The molecule has 0 aliphatic carbocycles. The summed E-state index contributed by atoms with van der Waals surface area (Å²) < 4.78 is 44.8. The third-order valence-electron chi connectivity index (χ3n) is 2.57. The largest absolute Gasteiger partial charge is 0.461 e. The Morgan fingerprint density at radius 1 is 1.33 bits per heavy atom. The fourth-order valence-corrected chi connectivity index (χ4v) is 1.64. The Labute approximate surface area is 116 Å². The van der Waals surface area contributed by atoms with Crippen LogP contribution >= 0.6 is 0 Å². The van der Waals surface area contributed by atoms with Crippen molar-refractivity contribution in [3.05, 3.63) is 47.0 Å². The summed E-state index contributed by atoms with van der Waals surface area (Å²) in [5, 5.41) is 3.74. The molecule has 0 aliphatic rings. The van der Waals surface area contributed by atoms with Gasteiger partial charge in [0.15, 0.2) is 29.4 Å². The molecule has 2 rings (SSSR count). The molecule has 0 atom stereocenters. The lowest BCUT2D eigenvalue weighted by atomic mass is 10.2. The van der Waals surface area contributed by atoms with Gasteiger partial charge in [0.2, 0.25) is 0 Å². The molecule has 0 radical (unpaired) electrons. The zero-order valence-corrected chi connectivity index (χ0v) is 10.8. The highest BCUT2D eigenvalue weighted by Gasteiger charge is 2.19. The lowest BCUT2D eigenvalue weighted by Gasteiger charge is -2.03. The maximum absolute atomic E-state index is 13.2. The van der Waals surface area contributed by atoms with Crippen molar-refractivity contribution < 1.29 is 27.5 Å². The molecular weight excluding hydrogens is 289 g/mol. The van der Waals surface area contributed by atoms with Crippen LogP contribution in [0.5, 0.6) is 0 Å². The third-order valence-corrected chi connectivity index (χ3v) is 2.57. The number of esters is 1. The Morgan fingerprint density at radius 3 is 2.48 bits per heavy atom. The molecule has 0 saturated carbocycles. The first kappa shape index (κ1) is 14.8. The van der Waals surface area contributed by atoms with Crippen LogP contribution in [0.15, 0.2) is 18.3 Å². The first-order chi connectivity index (χ1) is 9.97. The first-order valence-corrected chi connectivity index (χ1v) is 5.84. The molecule has 8 heteroatoms. The molecule has 1 aromatic carbocycles. The van der Waals surface area contributed by atoms with Crippen LogP contribution in [0, 0.1) is 17.5 Å². The van der Waals surface area contributed by atoms with E-state index in [-0.39, 0.29) is 23.6 Å². The Balaban J connectivity index is 2.51. The number of benzene rings is 1. The van der Waals surface area contributed by atoms with Crippen molar-refractivity contribution in [3.63, 3.8) is 0 Å². The fourth-order valence-electron chi connectivity index (χ4n) is 1.64. The van der Waals surface area contributed by atoms with Gasteiger partial charge in [0.1, 0.15) is 0 Å². The molecule has 0 N–H and O–H groups in total. The summed E-state index contributed by atoms with van der Waals surface area (Å²) in [6, 6.07) is 1.38. The number of aldehydes is 1. The average Bonchev–Trinajstić information content (AvgIpc) is 2.88. The number of rotatable bonds is 4. The van der Waals surface area contributed by atoms with Gasteiger partial charge in [0.25, 0.3) is 0 Å². The quantitative estimate of drug-likeness (QED) is 0.493. The van der Waals surface area contributed by atoms with Crippen LogP contribution < -0.4 is 0 Å². The standard InChI is InChI=1S/C13H9F3N2O3/c1-2-21-13(20)12-7(6-19)5-18(17-12)8-3-9(14)11(16)10(15)4-8/h3-6H,2H2,1H3. The molecule has 5 nitrogen and oxygen atoms in total. The summed E-state index contributed by atoms with van der Waals surface area (Å²) >= 11 is 0.